The number of anilines is 1. The van der Waals surface area contributed by atoms with Crippen molar-refractivity contribution in [3.63, 3.8) is 0 Å². The number of amides is 1. The molecule has 0 saturated carbocycles. The summed E-state index contributed by atoms with van der Waals surface area (Å²) in [5, 5.41) is 13.5. The normalized spacial score (nSPS) is 17.7. The second kappa shape index (κ2) is 8.36. The highest BCUT2D eigenvalue weighted by Crippen LogP contribution is 2.27. The second-order valence-electron chi connectivity index (χ2n) is 6.94. The van der Waals surface area contributed by atoms with Crippen LogP contribution in [0.25, 0.3) is 11.7 Å². The lowest BCUT2D eigenvalue weighted by molar-refractivity contribution is 0.102. The number of piperidine rings is 1. The molecule has 11 heteroatoms. The zero-order chi connectivity index (χ0) is 21.1. The predicted molar refractivity (Wildman–Crippen MR) is 106 cm³/mol. The first-order chi connectivity index (χ1) is 14.5. The number of nitrogens with one attached hydrogen (secondary N) is 1. The number of carbonyl (C=O) groups excluding carboxylic acids is 1. The Labute approximate surface area is 173 Å². The molecule has 1 aliphatic rings. The Morgan fingerprint density at radius 3 is 2.70 bits per heavy atom. The molecule has 158 valence electrons. The third kappa shape index (κ3) is 3.98. The van der Waals surface area contributed by atoms with Crippen molar-refractivity contribution in [1.82, 2.24) is 19.7 Å². The summed E-state index contributed by atoms with van der Waals surface area (Å²) in [5.41, 5.74) is 0.263. The lowest BCUT2D eigenvalue weighted by Crippen LogP contribution is -2.43. The monoisotopic (exact) mass is 431 g/mol. The third-order valence-electron chi connectivity index (χ3n) is 5.06. The van der Waals surface area contributed by atoms with Gasteiger partial charge >= 0.3 is 6.01 Å². The van der Waals surface area contributed by atoms with Crippen molar-refractivity contribution >= 4 is 21.9 Å². The van der Waals surface area contributed by atoms with Crippen LogP contribution in [0.2, 0.25) is 0 Å². The highest BCUT2D eigenvalue weighted by molar-refractivity contribution is 7.89. The van der Waals surface area contributed by atoms with Crippen LogP contribution in [0.1, 0.15) is 43.0 Å². The molecule has 2 aromatic heterocycles. The number of hydrogen-bond acceptors (Lipinski definition) is 8. The van der Waals surface area contributed by atoms with Crippen molar-refractivity contribution in [3.8, 4) is 11.7 Å². The molecule has 4 rings (SSSR count). The van der Waals surface area contributed by atoms with Gasteiger partial charge in [-0.2, -0.15) is 4.31 Å². The fraction of sp³-hybridized carbons (Fsp3) is 0.368. The topological polar surface area (TPSA) is 131 Å². The molecule has 1 saturated heterocycles. The first-order valence-corrected chi connectivity index (χ1v) is 11.1. The van der Waals surface area contributed by atoms with E-state index in [2.05, 4.69) is 20.7 Å². The lowest BCUT2D eigenvalue weighted by atomic mass is 10.0. The number of rotatable bonds is 6. The van der Waals surface area contributed by atoms with Gasteiger partial charge in [0.2, 0.25) is 15.8 Å². The highest BCUT2D eigenvalue weighted by atomic mass is 32.2. The first kappa shape index (κ1) is 20.2. The van der Waals surface area contributed by atoms with Crippen molar-refractivity contribution in [3.05, 3.63) is 42.1 Å². The smallest absolute Gasteiger partial charge is 0.322 e. The fourth-order valence-electron chi connectivity index (χ4n) is 3.48. The average molecular weight is 431 g/mol. The van der Waals surface area contributed by atoms with Crippen LogP contribution in [0.4, 0.5) is 6.01 Å². The van der Waals surface area contributed by atoms with Gasteiger partial charge in [-0.25, -0.2) is 8.42 Å². The molecule has 10 nitrogen and oxygen atoms in total. The number of benzene rings is 1. The van der Waals surface area contributed by atoms with Crippen LogP contribution in [0, 0.1) is 0 Å². The summed E-state index contributed by atoms with van der Waals surface area (Å²) in [7, 11) is -3.60. The minimum atomic E-state index is -3.60. The molecular formula is C19H21N5O5S. The molecule has 1 aromatic carbocycles. The minimum absolute atomic E-state index is 0.0165. The molecule has 0 radical (unpaired) electrons. The van der Waals surface area contributed by atoms with Gasteiger partial charge in [-0.15, -0.1) is 5.10 Å². The van der Waals surface area contributed by atoms with E-state index in [0.29, 0.717) is 6.54 Å². The Kier molecular flexibility index (Phi) is 5.64. The third-order valence-corrected chi connectivity index (χ3v) is 7.03. The van der Waals surface area contributed by atoms with Crippen LogP contribution in [0.15, 0.2) is 50.4 Å². The molecule has 3 heterocycles. The van der Waals surface area contributed by atoms with Crippen LogP contribution in [0.5, 0.6) is 0 Å². The zero-order valence-electron chi connectivity index (χ0n) is 16.3. The van der Waals surface area contributed by atoms with Crippen molar-refractivity contribution in [2.75, 3.05) is 11.9 Å². The SMILES string of the molecule is CCC1CCCCN1S(=O)(=O)c1ccc(C(=O)Nc2nnc(-c3ccno3)o2)cc1. The second-order valence-corrected chi connectivity index (χ2v) is 8.83. The molecule has 0 spiro atoms. The summed E-state index contributed by atoms with van der Waals surface area (Å²) >= 11 is 0. The van der Waals surface area contributed by atoms with E-state index in [9.17, 15) is 13.2 Å². The Balaban J connectivity index is 1.47. The summed E-state index contributed by atoms with van der Waals surface area (Å²) in [6.07, 6.45) is 4.98. The number of sulfonamides is 1. The summed E-state index contributed by atoms with van der Waals surface area (Å²) in [5.74, 6) is -0.145. The van der Waals surface area contributed by atoms with Crippen LogP contribution in [0.3, 0.4) is 0 Å². The molecule has 1 aliphatic heterocycles. The van der Waals surface area contributed by atoms with Crippen LogP contribution < -0.4 is 5.32 Å². The van der Waals surface area contributed by atoms with Crippen molar-refractivity contribution in [1.29, 1.82) is 0 Å². The summed E-state index contributed by atoms with van der Waals surface area (Å²) in [6, 6.07) is 7.26. The number of aromatic nitrogens is 3. The van der Waals surface area contributed by atoms with Crippen LogP contribution >= 0.6 is 0 Å². The maximum absolute atomic E-state index is 13.0. The Morgan fingerprint density at radius 2 is 2.00 bits per heavy atom. The van der Waals surface area contributed by atoms with Gasteiger partial charge in [-0.1, -0.05) is 23.6 Å². The average Bonchev–Trinajstić information content (AvgIpc) is 3.46. The molecule has 1 unspecified atom stereocenters. The maximum Gasteiger partial charge on any atom is 0.322 e. The van der Waals surface area contributed by atoms with Gasteiger partial charge in [0.05, 0.1) is 11.1 Å². The molecule has 3 aromatic rings. The van der Waals surface area contributed by atoms with Gasteiger partial charge in [0.25, 0.3) is 11.8 Å². The Hall–Kier alpha value is -3.05. The van der Waals surface area contributed by atoms with Crippen LogP contribution in [-0.4, -0.2) is 46.6 Å². The van der Waals surface area contributed by atoms with E-state index in [1.54, 1.807) is 10.4 Å². The molecule has 1 fully saturated rings. The summed E-state index contributed by atoms with van der Waals surface area (Å²) in [6.45, 7) is 2.52. The van der Waals surface area contributed by atoms with E-state index < -0.39 is 15.9 Å². The molecule has 1 amide bonds. The first-order valence-electron chi connectivity index (χ1n) is 9.67. The van der Waals surface area contributed by atoms with Gasteiger partial charge in [0.15, 0.2) is 0 Å². The Morgan fingerprint density at radius 1 is 1.20 bits per heavy atom. The van der Waals surface area contributed by atoms with Gasteiger partial charge in [0, 0.05) is 24.2 Å². The van der Waals surface area contributed by atoms with Crippen molar-refractivity contribution in [2.45, 2.75) is 43.5 Å². The molecule has 1 N–H and O–H groups in total. The number of hydrogen-bond donors (Lipinski definition) is 1. The van der Waals surface area contributed by atoms with Gasteiger partial charge in [0.1, 0.15) is 0 Å². The summed E-state index contributed by atoms with van der Waals surface area (Å²) in [4.78, 5) is 12.6. The van der Waals surface area contributed by atoms with E-state index in [1.165, 1.54) is 30.5 Å². The number of nitrogens with zero attached hydrogens (tertiary/aromatic N) is 4. The molecule has 0 bridgehead atoms. The minimum Gasteiger partial charge on any atom is -0.400 e. The predicted octanol–water partition coefficient (Wildman–Crippen LogP) is 2.93. The Bertz CT molecular complexity index is 1110. The van der Waals surface area contributed by atoms with E-state index >= 15 is 0 Å². The number of carbonyl (C=O) groups is 1. The molecular weight excluding hydrogens is 410 g/mol. The van der Waals surface area contributed by atoms with Crippen molar-refractivity contribution < 1.29 is 22.2 Å². The maximum atomic E-state index is 13.0. The van der Waals surface area contributed by atoms with E-state index in [0.717, 1.165) is 25.7 Å². The zero-order valence-corrected chi connectivity index (χ0v) is 17.1. The van der Waals surface area contributed by atoms with Crippen LogP contribution in [-0.2, 0) is 10.0 Å². The lowest BCUT2D eigenvalue weighted by Gasteiger charge is -2.34. The van der Waals surface area contributed by atoms with Gasteiger partial charge in [-0.05, 0) is 43.5 Å². The summed E-state index contributed by atoms with van der Waals surface area (Å²) < 4.78 is 37.8. The largest absolute Gasteiger partial charge is 0.400 e. The molecule has 1 atom stereocenters. The molecule has 30 heavy (non-hydrogen) atoms. The fourth-order valence-corrected chi connectivity index (χ4v) is 5.25. The van der Waals surface area contributed by atoms with Gasteiger partial charge in [-0.3, -0.25) is 10.1 Å². The van der Waals surface area contributed by atoms with Gasteiger partial charge < -0.3 is 8.94 Å². The van der Waals surface area contributed by atoms with E-state index in [1.807, 2.05) is 6.92 Å². The van der Waals surface area contributed by atoms with E-state index in [-0.39, 0.29) is 34.2 Å². The quantitative estimate of drug-likeness (QED) is 0.630. The van der Waals surface area contributed by atoms with Crippen molar-refractivity contribution in [2.24, 2.45) is 0 Å². The highest BCUT2D eigenvalue weighted by Gasteiger charge is 2.32. The standard InChI is InChI=1S/C19H21N5O5S/c1-2-14-5-3-4-12-24(14)30(26,27)15-8-6-13(7-9-15)17(25)21-19-23-22-18(28-19)16-10-11-20-29-16/h6-11,14H,2-5,12H2,1H3,(H,21,23,25). The van der Waals surface area contributed by atoms with E-state index in [4.69, 9.17) is 8.94 Å². The molecule has 0 aliphatic carbocycles.